The standard InChI is InChI=1S/C14H20N2O4/c1-8(2)12-9(5-6-19-12)7-16-14(18)11-4-3-10(20-11)13(15)17/h3-4,8-9,12H,5-7H2,1-2H3,(H2,15,17)(H,16,18)/t9-,12-/m1/s1. The minimum atomic E-state index is -0.687. The molecule has 1 aromatic rings. The third-order valence-electron chi connectivity index (χ3n) is 3.52. The van der Waals surface area contributed by atoms with Gasteiger partial charge in [-0.1, -0.05) is 13.8 Å². The quantitative estimate of drug-likeness (QED) is 0.846. The molecule has 0 unspecified atom stereocenters. The van der Waals surface area contributed by atoms with Crippen molar-refractivity contribution in [1.29, 1.82) is 0 Å². The van der Waals surface area contributed by atoms with E-state index < -0.39 is 5.91 Å². The summed E-state index contributed by atoms with van der Waals surface area (Å²) in [6, 6.07) is 2.84. The molecule has 0 bridgehead atoms. The molecule has 3 N–H and O–H groups in total. The molecular weight excluding hydrogens is 260 g/mol. The van der Waals surface area contributed by atoms with Crippen LogP contribution in [0.3, 0.4) is 0 Å². The van der Waals surface area contributed by atoms with Gasteiger partial charge in [0, 0.05) is 19.1 Å². The molecular formula is C14H20N2O4. The van der Waals surface area contributed by atoms with Gasteiger partial charge < -0.3 is 20.2 Å². The van der Waals surface area contributed by atoms with Crippen LogP contribution in [0.5, 0.6) is 0 Å². The van der Waals surface area contributed by atoms with Crippen molar-refractivity contribution >= 4 is 11.8 Å². The number of furan rings is 1. The van der Waals surface area contributed by atoms with E-state index in [9.17, 15) is 9.59 Å². The third kappa shape index (κ3) is 3.19. The van der Waals surface area contributed by atoms with Crippen molar-refractivity contribution in [3.05, 3.63) is 23.7 Å². The molecule has 0 aliphatic carbocycles. The Balaban J connectivity index is 1.90. The van der Waals surface area contributed by atoms with Crippen LogP contribution >= 0.6 is 0 Å². The maximum atomic E-state index is 11.9. The maximum absolute atomic E-state index is 11.9. The van der Waals surface area contributed by atoms with Gasteiger partial charge in [-0.3, -0.25) is 9.59 Å². The van der Waals surface area contributed by atoms with Crippen molar-refractivity contribution in [3.8, 4) is 0 Å². The highest BCUT2D eigenvalue weighted by Gasteiger charge is 2.31. The normalized spacial score (nSPS) is 22.1. The third-order valence-corrected chi connectivity index (χ3v) is 3.52. The summed E-state index contributed by atoms with van der Waals surface area (Å²) in [7, 11) is 0. The highest BCUT2D eigenvalue weighted by Crippen LogP contribution is 2.26. The van der Waals surface area contributed by atoms with E-state index in [4.69, 9.17) is 14.9 Å². The topological polar surface area (TPSA) is 94.6 Å². The molecule has 20 heavy (non-hydrogen) atoms. The van der Waals surface area contributed by atoms with Gasteiger partial charge in [0.1, 0.15) is 0 Å². The van der Waals surface area contributed by atoms with Crippen LogP contribution in [-0.4, -0.2) is 31.1 Å². The van der Waals surface area contributed by atoms with Crippen LogP contribution in [0.1, 0.15) is 41.4 Å². The fourth-order valence-corrected chi connectivity index (χ4v) is 2.51. The molecule has 6 nitrogen and oxygen atoms in total. The summed E-state index contributed by atoms with van der Waals surface area (Å²) in [6.45, 7) is 5.48. The number of rotatable bonds is 5. The molecule has 6 heteroatoms. The summed E-state index contributed by atoms with van der Waals surface area (Å²) >= 11 is 0. The van der Waals surface area contributed by atoms with E-state index in [1.165, 1.54) is 12.1 Å². The van der Waals surface area contributed by atoms with Crippen LogP contribution in [0, 0.1) is 11.8 Å². The molecule has 1 saturated heterocycles. The minimum absolute atomic E-state index is 0.0144. The predicted molar refractivity (Wildman–Crippen MR) is 72.2 cm³/mol. The van der Waals surface area contributed by atoms with Gasteiger partial charge in [-0.2, -0.15) is 0 Å². The van der Waals surface area contributed by atoms with Crippen molar-refractivity contribution in [1.82, 2.24) is 5.32 Å². The van der Waals surface area contributed by atoms with Crippen LogP contribution in [0.4, 0.5) is 0 Å². The second-order valence-electron chi connectivity index (χ2n) is 5.37. The zero-order valence-electron chi connectivity index (χ0n) is 11.7. The van der Waals surface area contributed by atoms with E-state index in [-0.39, 0.29) is 23.5 Å². The van der Waals surface area contributed by atoms with Gasteiger partial charge in [-0.05, 0) is 24.5 Å². The number of primary amides is 1. The van der Waals surface area contributed by atoms with Gasteiger partial charge in [-0.25, -0.2) is 0 Å². The first kappa shape index (κ1) is 14.6. The molecule has 0 aromatic carbocycles. The van der Waals surface area contributed by atoms with E-state index in [2.05, 4.69) is 19.2 Å². The average Bonchev–Trinajstić information content (AvgIpc) is 3.04. The Hall–Kier alpha value is -1.82. The van der Waals surface area contributed by atoms with Gasteiger partial charge in [0.25, 0.3) is 11.8 Å². The van der Waals surface area contributed by atoms with E-state index in [1.807, 2.05) is 0 Å². The van der Waals surface area contributed by atoms with Crippen LogP contribution in [0.25, 0.3) is 0 Å². The molecule has 0 radical (unpaired) electrons. The van der Waals surface area contributed by atoms with Gasteiger partial charge in [0.2, 0.25) is 0 Å². The highest BCUT2D eigenvalue weighted by atomic mass is 16.5. The molecule has 0 saturated carbocycles. The van der Waals surface area contributed by atoms with E-state index >= 15 is 0 Å². The lowest BCUT2D eigenvalue weighted by Crippen LogP contribution is -2.34. The Morgan fingerprint density at radius 1 is 1.40 bits per heavy atom. The Morgan fingerprint density at radius 3 is 2.70 bits per heavy atom. The number of carbonyl (C=O) groups excluding carboxylic acids is 2. The van der Waals surface area contributed by atoms with Crippen LogP contribution in [-0.2, 0) is 4.74 Å². The van der Waals surface area contributed by atoms with Crippen molar-refractivity contribution in [2.24, 2.45) is 17.6 Å². The Bertz CT molecular complexity index is 495. The number of ether oxygens (including phenoxy) is 1. The van der Waals surface area contributed by atoms with Crippen molar-refractivity contribution in [3.63, 3.8) is 0 Å². The number of hydrogen-bond donors (Lipinski definition) is 2. The molecule has 0 spiro atoms. The van der Waals surface area contributed by atoms with Crippen molar-refractivity contribution in [2.75, 3.05) is 13.2 Å². The van der Waals surface area contributed by atoms with Crippen LogP contribution in [0.15, 0.2) is 16.5 Å². The van der Waals surface area contributed by atoms with E-state index in [0.29, 0.717) is 18.4 Å². The Kier molecular flexibility index (Phi) is 4.44. The molecule has 2 amide bonds. The highest BCUT2D eigenvalue weighted by molar-refractivity contribution is 5.94. The number of nitrogens with one attached hydrogen (secondary N) is 1. The molecule has 2 rings (SSSR count). The SMILES string of the molecule is CC(C)[C@H]1OCC[C@@H]1CNC(=O)c1ccc(C(N)=O)o1. The summed E-state index contributed by atoms with van der Waals surface area (Å²) in [5.41, 5.74) is 5.07. The second kappa shape index (κ2) is 6.09. The fourth-order valence-electron chi connectivity index (χ4n) is 2.51. The molecule has 1 aliphatic heterocycles. The smallest absolute Gasteiger partial charge is 0.287 e. The fraction of sp³-hybridized carbons (Fsp3) is 0.571. The summed E-state index contributed by atoms with van der Waals surface area (Å²) in [5, 5.41) is 2.81. The molecule has 110 valence electrons. The molecule has 1 aromatic heterocycles. The molecule has 2 atom stereocenters. The second-order valence-corrected chi connectivity index (χ2v) is 5.37. The lowest BCUT2D eigenvalue weighted by atomic mass is 9.93. The van der Waals surface area contributed by atoms with E-state index in [0.717, 1.165) is 13.0 Å². The molecule has 1 fully saturated rings. The average molecular weight is 280 g/mol. The van der Waals surface area contributed by atoms with E-state index in [1.54, 1.807) is 0 Å². The summed E-state index contributed by atoms with van der Waals surface area (Å²) in [6.07, 6.45) is 1.11. The Morgan fingerprint density at radius 2 is 2.10 bits per heavy atom. The van der Waals surface area contributed by atoms with Crippen molar-refractivity contribution < 1.29 is 18.7 Å². The number of nitrogens with two attached hydrogens (primary N) is 1. The van der Waals surface area contributed by atoms with Crippen LogP contribution < -0.4 is 11.1 Å². The largest absolute Gasteiger partial charge is 0.446 e. The van der Waals surface area contributed by atoms with Gasteiger partial charge in [0.15, 0.2) is 11.5 Å². The predicted octanol–water partition coefficient (Wildman–Crippen LogP) is 1.17. The van der Waals surface area contributed by atoms with Crippen molar-refractivity contribution in [2.45, 2.75) is 26.4 Å². The summed E-state index contributed by atoms with van der Waals surface area (Å²) < 4.78 is 10.7. The van der Waals surface area contributed by atoms with Gasteiger partial charge in [0.05, 0.1) is 6.10 Å². The molecule has 1 aliphatic rings. The molecule has 2 heterocycles. The summed E-state index contributed by atoms with van der Waals surface area (Å²) in [5.74, 6) is -0.216. The lowest BCUT2D eigenvalue weighted by Gasteiger charge is -2.21. The zero-order valence-corrected chi connectivity index (χ0v) is 11.7. The van der Waals surface area contributed by atoms with Gasteiger partial charge >= 0.3 is 0 Å². The maximum Gasteiger partial charge on any atom is 0.287 e. The lowest BCUT2D eigenvalue weighted by molar-refractivity contribution is 0.0531. The first-order valence-corrected chi connectivity index (χ1v) is 6.78. The monoisotopic (exact) mass is 280 g/mol. The number of amides is 2. The minimum Gasteiger partial charge on any atom is -0.446 e. The van der Waals surface area contributed by atoms with Gasteiger partial charge in [-0.15, -0.1) is 0 Å². The first-order valence-electron chi connectivity index (χ1n) is 6.78. The van der Waals surface area contributed by atoms with Crippen LogP contribution in [0.2, 0.25) is 0 Å². The number of carbonyl (C=O) groups is 2. The zero-order chi connectivity index (χ0) is 14.7. The Labute approximate surface area is 117 Å². The number of hydrogen-bond acceptors (Lipinski definition) is 4. The first-order chi connectivity index (χ1) is 9.49. The summed E-state index contributed by atoms with van der Waals surface area (Å²) in [4.78, 5) is 22.8.